The van der Waals surface area contributed by atoms with Gasteiger partial charge in [0.25, 0.3) is 5.91 Å². The molecular weight excluding hydrogens is 410 g/mol. The fourth-order valence-electron chi connectivity index (χ4n) is 4.25. The number of pyridine rings is 1. The molecule has 1 amide bonds. The van der Waals surface area contributed by atoms with E-state index in [1.807, 2.05) is 24.0 Å². The molecule has 3 heterocycles. The molecule has 3 aromatic heterocycles. The maximum atomic E-state index is 12.9. The molecule has 8 heteroatoms. The zero-order valence-electron chi connectivity index (χ0n) is 17.2. The smallest absolute Gasteiger partial charge is 0.270 e. The highest BCUT2D eigenvalue weighted by Gasteiger charge is 2.27. The first-order valence-corrected chi connectivity index (χ1v) is 11.3. The first kappa shape index (κ1) is 19.8. The van der Waals surface area contributed by atoms with Crippen LogP contribution in [0.4, 0.5) is 0 Å². The van der Waals surface area contributed by atoms with Crippen molar-refractivity contribution < 1.29 is 9.90 Å². The third kappa shape index (κ3) is 3.96. The summed E-state index contributed by atoms with van der Waals surface area (Å²) in [4.78, 5) is 21.7. The van der Waals surface area contributed by atoms with E-state index < -0.39 is 6.10 Å². The van der Waals surface area contributed by atoms with Gasteiger partial charge in [0.05, 0.1) is 35.1 Å². The highest BCUT2D eigenvalue weighted by atomic mass is 32.1. The van der Waals surface area contributed by atoms with Crippen LogP contribution in [-0.4, -0.2) is 42.9 Å². The van der Waals surface area contributed by atoms with Crippen molar-refractivity contribution in [2.45, 2.75) is 37.8 Å². The second-order valence-corrected chi connectivity index (χ2v) is 8.71. The van der Waals surface area contributed by atoms with Crippen LogP contribution in [0.25, 0.3) is 22.3 Å². The Balaban J connectivity index is 1.44. The molecule has 4 aromatic rings. The number of aliphatic hydroxyl groups is 1. The summed E-state index contributed by atoms with van der Waals surface area (Å²) < 4.78 is 1.80. The number of carbonyl (C=O) groups excluding carboxylic acids is 1. The second-order valence-electron chi connectivity index (χ2n) is 7.99. The maximum Gasteiger partial charge on any atom is 0.270 e. The Morgan fingerprint density at radius 3 is 2.84 bits per heavy atom. The van der Waals surface area contributed by atoms with Gasteiger partial charge in [-0.3, -0.25) is 9.48 Å². The summed E-state index contributed by atoms with van der Waals surface area (Å²) in [5.74, 6) is -0.253. The molecule has 0 spiro atoms. The molecule has 0 bridgehead atoms. The number of nitrogens with zero attached hydrogens (tertiary/aromatic N) is 4. The van der Waals surface area contributed by atoms with E-state index in [0.717, 1.165) is 47.2 Å². The molecule has 7 nitrogen and oxygen atoms in total. The van der Waals surface area contributed by atoms with Gasteiger partial charge in [-0.25, -0.2) is 9.97 Å². The molecule has 0 saturated heterocycles. The number of carbonyl (C=O) groups is 1. The van der Waals surface area contributed by atoms with Crippen molar-refractivity contribution in [1.29, 1.82) is 0 Å². The van der Waals surface area contributed by atoms with Crippen molar-refractivity contribution in [3.8, 4) is 11.3 Å². The Bertz CT molecular complexity index is 1220. The number of fused-ring (bicyclic) bond motifs is 1. The summed E-state index contributed by atoms with van der Waals surface area (Å²) >= 11 is 1.58. The van der Waals surface area contributed by atoms with Gasteiger partial charge in [-0.1, -0.05) is 24.3 Å². The molecule has 2 atom stereocenters. The van der Waals surface area contributed by atoms with Crippen LogP contribution in [0.5, 0.6) is 0 Å². The third-order valence-corrected chi connectivity index (χ3v) is 6.47. The number of hydrogen-bond acceptors (Lipinski definition) is 6. The minimum absolute atomic E-state index is 0.208. The van der Waals surface area contributed by atoms with Gasteiger partial charge in [0.2, 0.25) is 0 Å². The van der Waals surface area contributed by atoms with E-state index in [9.17, 15) is 9.90 Å². The Morgan fingerprint density at radius 2 is 2.13 bits per heavy atom. The van der Waals surface area contributed by atoms with Crippen LogP contribution >= 0.6 is 11.3 Å². The lowest BCUT2D eigenvalue weighted by atomic mass is 10.0. The van der Waals surface area contributed by atoms with E-state index in [2.05, 4.69) is 44.6 Å². The number of thiazole rings is 1. The van der Waals surface area contributed by atoms with Gasteiger partial charge < -0.3 is 10.4 Å². The molecule has 0 aliphatic heterocycles. The van der Waals surface area contributed by atoms with Crippen LogP contribution in [0.15, 0.2) is 47.4 Å². The summed E-state index contributed by atoms with van der Waals surface area (Å²) in [6.07, 6.45) is 4.29. The van der Waals surface area contributed by atoms with E-state index in [4.69, 9.17) is 0 Å². The van der Waals surface area contributed by atoms with Crippen LogP contribution in [0.1, 0.15) is 40.9 Å². The van der Waals surface area contributed by atoms with Gasteiger partial charge in [-0.15, -0.1) is 11.3 Å². The van der Waals surface area contributed by atoms with Crippen molar-refractivity contribution >= 4 is 28.3 Å². The molecule has 31 heavy (non-hydrogen) atoms. The molecule has 0 unspecified atom stereocenters. The van der Waals surface area contributed by atoms with Crippen LogP contribution in [0, 0.1) is 0 Å². The number of aliphatic hydroxyl groups excluding tert-OH is 1. The van der Waals surface area contributed by atoms with Crippen molar-refractivity contribution in [3.05, 3.63) is 64.2 Å². The number of benzene rings is 1. The van der Waals surface area contributed by atoms with Crippen molar-refractivity contribution in [3.63, 3.8) is 0 Å². The Kier molecular flexibility index (Phi) is 5.25. The van der Waals surface area contributed by atoms with Gasteiger partial charge in [-0.2, -0.15) is 5.10 Å². The summed E-state index contributed by atoms with van der Waals surface area (Å²) in [7, 11) is 1.88. The van der Waals surface area contributed by atoms with Gasteiger partial charge in [-0.05, 0) is 42.9 Å². The molecule has 1 aliphatic carbocycles. The lowest BCUT2D eigenvalue weighted by molar-refractivity contribution is 0.0868. The topological polar surface area (TPSA) is 92.9 Å². The fourth-order valence-corrected chi connectivity index (χ4v) is 4.81. The largest absolute Gasteiger partial charge is 0.391 e. The number of rotatable bonds is 5. The van der Waals surface area contributed by atoms with Crippen molar-refractivity contribution in [2.75, 3.05) is 0 Å². The predicted molar refractivity (Wildman–Crippen MR) is 120 cm³/mol. The molecule has 1 aliphatic rings. The van der Waals surface area contributed by atoms with Gasteiger partial charge >= 0.3 is 0 Å². The SMILES string of the molecule is Cn1ncc2nc(C(=O)N[C@H]3CCC[C@@H]3O)cc(Cc3ccc(-c4cscn4)cc3)c21. The van der Waals surface area contributed by atoms with Gasteiger partial charge in [0.15, 0.2) is 0 Å². The molecular formula is C23H23N5O2S. The number of aryl methyl sites for hydroxylation is 1. The third-order valence-electron chi connectivity index (χ3n) is 5.88. The number of amides is 1. The molecule has 5 rings (SSSR count). The lowest BCUT2D eigenvalue weighted by Crippen LogP contribution is -2.40. The fraction of sp³-hybridized carbons (Fsp3) is 0.304. The molecule has 158 valence electrons. The summed E-state index contributed by atoms with van der Waals surface area (Å²) in [6, 6.07) is 9.95. The minimum Gasteiger partial charge on any atom is -0.391 e. The van der Waals surface area contributed by atoms with E-state index in [1.165, 1.54) is 0 Å². The Labute approximate surface area is 183 Å². The highest BCUT2D eigenvalue weighted by Crippen LogP contribution is 2.24. The number of nitrogens with one attached hydrogen (secondary N) is 1. The summed E-state index contributed by atoms with van der Waals surface area (Å²) in [5.41, 5.74) is 7.97. The predicted octanol–water partition coefficient (Wildman–Crippen LogP) is 3.33. The molecule has 0 radical (unpaired) electrons. The first-order valence-electron chi connectivity index (χ1n) is 10.4. The van der Waals surface area contributed by atoms with Crippen LogP contribution in [-0.2, 0) is 13.5 Å². The number of hydrogen-bond donors (Lipinski definition) is 2. The lowest BCUT2D eigenvalue weighted by Gasteiger charge is -2.16. The van der Waals surface area contributed by atoms with E-state index in [1.54, 1.807) is 22.2 Å². The van der Waals surface area contributed by atoms with Gasteiger partial charge in [0.1, 0.15) is 11.2 Å². The average molecular weight is 434 g/mol. The zero-order valence-corrected chi connectivity index (χ0v) is 18.0. The van der Waals surface area contributed by atoms with Crippen molar-refractivity contribution in [2.24, 2.45) is 7.05 Å². The standard InChI is InChI=1S/C23H23N5O2S/c1-28-22-16(9-14-5-7-15(8-6-14)20-12-31-13-24-20)10-18(26-19(22)11-25-28)23(30)27-17-3-2-4-21(17)29/h5-8,10-13,17,21,29H,2-4,9H2,1H3,(H,27,30)/t17-,21-/m0/s1. The van der Waals surface area contributed by atoms with E-state index in [-0.39, 0.29) is 11.9 Å². The Morgan fingerprint density at radius 1 is 1.29 bits per heavy atom. The zero-order chi connectivity index (χ0) is 21.4. The molecule has 2 N–H and O–H groups in total. The summed E-state index contributed by atoms with van der Waals surface area (Å²) in [5, 5.41) is 19.4. The maximum absolute atomic E-state index is 12.9. The van der Waals surface area contributed by atoms with E-state index in [0.29, 0.717) is 17.6 Å². The van der Waals surface area contributed by atoms with Crippen LogP contribution < -0.4 is 5.32 Å². The highest BCUT2D eigenvalue weighted by molar-refractivity contribution is 7.07. The number of aromatic nitrogens is 4. The Hall–Kier alpha value is -3.10. The van der Waals surface area contributed by atoms with Crippen LogP contribution in [0.2, 0.25) is 0 Å². The quantitative estimate of drug-likeness (QED) is 0.504. The van der Waals surface area contributed by atoms with E-state index >= 15 is 0 Å². The second kappa shape index (κ2) is 8.20. The first-order chi connectivity index (χ1) is 15.1. The monoisotopic (exact) mass is 433 g/mol. The minimum atomic E-state index is -0.484. The molecule has 1 fully saturated rings. The van der Waals surface area contributed by atoms with Crippen LogP contribution in [0.3, 0.4) is 0 Å². The van der Waals surface area contributed by atoms with Crippen molar-refractivity contribution in [1.82, 2.24) is 25.1 Å². The normalized spacial score (nSPS) is 18.5. The summed E-state index contributed by atoms with van der Waals surface area (Å²) in [6.45, 7) is 0. The van der Waals surface area contributed by atoms with Gasteiger partial charge in [0, 0.05) is 18.0 Å². The average Bonchev–Trinajstić information content (AvgIpc) is 3.52. The molecule has 1 saturated carbocycles. The molecule has 1 aromatic carbocycles.